The fourth-order valence-corrected chi connectivity index (χ4v) is 3.97. The minimum Gasteiger partial charge on any atom is -0.354 e. The molecule has 1 fully saturated rings. The quantitative estimate of drug-likeness (QED) is 0.736. The van der Waals surface area contributed by atoms with Crippen LogP contribution in [0, 0.1) is 5.82 Å². The molecule has 1 saturated heterocycles. The molecule has 0 spiro atoms. The van der Waals surface area contributed by atoms with Gasteiger partial charge in [-0.05, 0) is 42.9 Å². The van der Waals surface area contributed by atoms with E-state index in [4.69, 9.17) is 0 Å². The predicted octanol–water partition coefficient (Wildman–Crippen LogP) is 2.47. The summed E-state index contributed by atoms with van der Waals surface area (Å²) < 4.78 is 79.0. The van der Waals surface area contributed by atoms with Crippen LogP contribution in [-0.2, 0) is 22.7 Å². The smallest absolute Gasteiger partial charge is 0.354 e. The molecule has 0 unspecified atom stereocenters. The van der Waals surface area contributed by atoms with Gasteiger partial charge in [0, 0.05) is 38.9 Å². The molecular weight excluding hydrogens is 412 g/mol. The number of hydrogen-bond donors (Lipinski definition) is 1. The van der Waals surface area contributed by atoms with Gasteiger partial charge in [-0.3, -0.25) is 0 Å². The Morgan fingerprint density at radius 1 is 1.10 bits per heavy atom. The number of anilines is 1. The van der Waals surface area contributed by atoms with E-state index < -0.39 is 32.5 Å². The van der Waals surface area contributed by atoms with Crippen molar-refractivity contribution in [3.63, 3.8) is 0 Å². The molecule has 6 nitrogen and oxygen atoms in total. The number of alkyl halides is 3. The van der Waals surface area contributed by atoms with Gasteiger partial charge in [-0.2, -0.15) is 13.2 Å². The van der Waals surface area contributed by atoms with Gasteiger partial charge in [0.25, 0.3) is 0 Å². The van der Waals surface area contributed by atoms with Gasteiger partial charge in [-0.1, -0.05) is 0 Å². The number of benzene rings is 1. The van der Waals surface area contributed by atoms with Gasteiger partial charge in [0.1, 0.15) is 11.6 Å². The van der Waals surface area contributed by atoms with Crippen LogP contribution in [0.1, 0.15) is 11.1 Å². The number of nitrogens with one attached hydrogen (secondary N) is 1. The van der Waals surface area contributed by atoms with Crippen LogP contribution in [0.3, 0.4) is 0 Å². The molecule has 11 heteroatoms. The lowest BCUT2D eigenvalue weighted by atomic mass is 10.2. The Balaban J connectivity index is 1.73. The second kappa shape index (κ2) is 8.25. The first-order chi connectivity index (χ1) is 13.6. The first kappa shape index (κ1) is 21.5. The first-order valence-corrected chi connectivity index (χ1v) is 10.3. The third-order valence-electron chi connectivity index (χ3n) is 4.66. The summed E-state index contributed by atoms with van der Waals surface area (Å²) in [5.41, 5.74) is -1.02. The van der Waals surface area contributed by atoms with E-state index in [1.807, 2.05) is 7.05 Å². The molecule has 0 aliphatic carbocycles. The molecular formula is C18H20F4N4O2S. The van der Waals surface area contributed by atoms with E-state index in [-0.39, 0.29) is 6.54 Å². The number of hydrogen-bond acceptors (Lipinski definition) is 5. The van der Waals surface area contributed by atoms with Gasteiger partial charge in [-0.15, -0.1) is 0 Å². The number of halogens is 4. The van der Waals surface area contributed by atoms with Crippen molar-refractivity contribution in [1.29, 1.82) is 0 Å². The summed E-state index contributed by atoms with van der Waals surface area (Å²) in [4.78, 5) is 7.91. The van der Waals surface area contributed by atoms with Gasteiger partial charge in [0.15, 0.2) is 0 Å². The molecule has 2 aromatic rings. The second-order valence-electron chi connectivity index (χ2n) is 6.78. The van der Waals surface area contributed by atoms with Crippen LogP contribution >= 0.6 is 0 Å². The molecule has 0 saturated carbocycles. The lowest BCUT2D eigenvalue weighted by molar-refractivity contribution is -0.140. The van der Waals surface area contributed by atoms with Crippen LogP contribution in [0.5, 0.6) is 0 Å². The van der Waals surface area contributed by atoms with Gasteiger partial charge in [0.2, 0.25) is 10.0 Å². The fourth-order valence-electron chi connectivity index (χ4n) is 2.93. The molecule has 1 aliphatic heterocycles. The highest BCUT2D eigenvalue weighted by Crippen LogP contribution is 2.32. The molecule has 1 aromatic heterocycles. The molecule has 3 rings (SSSR count). The van der Waals surface area contributed by atoms with E-state index >= 15 is 0 Å². The maximum atomic E-state index is 13.4. The number of pyridine rings is 1. The van der Waals surface area contributed by atoms with Gasteiger partial charge >= 0.3 is 6.18 Å². The molecule has 0 atom stereocenters. The van der Waals surface area contributed by atoms with Crippen molar-refractivity contribution >= 4 is 15.8 Å². The molecule has 0 amide bonds. The summed E-state index contributed by atoms with van der Waals surface area (Å²) in [5.74, 6) is -0.821. The van der Waals surface area contributed by atoms with Crippen LogP contribution in [0.15, 0.2) is 41.4 Å². The third-order valence-corrected chi connectivity index (χ3v) is 6.06. The Hall–Kier alpha value is -2.24. The highest BCUT2D eigenvalue weighted by molar-refractivity contribution is 7.89. The summed E-state index contributed by atoms with van der Waals surface area (Å²) in [5, 5.41) is 0. The molecule has 1 aliphatic rings. The monoisotopic (exact) mass is 432 g/mol. The number of piperazine rings is 1. The van der Waals surface area contributed by atoms with E-state index in [0.29, 0.717) is 23.5 Å². The van der Waals surface area contributed by atoms with Crippen LogP contribution in [0.2, 0.25) is 0 Å². The van der Waals surface area contributed by atoms with Crippen molar-refractivity contribution in [2.45, 2.75) is 17.6 Å². The Bertz CT molecular complexity index is 974. The molecule has 29 heavy (non-hydrogen) atoms. The van der Waals surface area contributed by atoms with Gasteiger partial charge in [0.05, 0.1) is 10.5 Å². The van der Waals surface area contributed by atoms with Crippen molar-refractivity contribution in [2.75, 3.05) is 38.1 Å². The molecule has 1 aromatic carbocycles. The van der Waals surface area contributed by atoms with E-state index in [2.05, 4.69) is 19.5 Å². The Kier molecular flexibility index (Phi) is 6.11. The minimum absolute atomic E-state index is 0.135. The second-order valence-corrected chi connectivity index (χ2v) is 8.54. The van der Waals surface area contributed by atoms with Gasteiger partial charge < -0.3 is 9.80 Å². The third kappa shape index (κ3) is 5.22. The van der Waals surface area contributed by atoms with Crippen LogP contribution in [0.4, 0.5) is 23.4 Å². The topological polar surface area (TPSA) is 65.5 Å². The molecule has 1 N–H and O–H groups in total. The highest BCUT2D eigenvalue weighted by Gasteiger charge is 2.35. The van der Waals surface area contributed by atoms with E-state index in [1.165, 1.54) is 0 Å². The number of sulfonamides is 1. The van der Waals surface area contributed by atoms with E-state index in [0.717, 1.165) is 32.2 Å². The zero-order valence-corrected chi connectivity index (χ0v) is 16.4. The number of aromatic nitrogens is 1. The minimum atomic E-state index is -4.99. The van der Waals surface area contributed by atoms with Crippen molar-refractivity contribution in [3.8, 4) is 0 Å². The normalized spacial score (nSPS) is 16.2. The summed E-state index contributed by atoms with van der Waals surface area (Å²) in [6, 6.07) is 4.94. The lowest BCUT2D eigenvalue weighted by Gasteiger charge is -2.33. The van der Waals surface area contributed by atoms with Gasteiger partial charge in [-0.25, -0.2) is 22.5 Å². The average molecular weight is 432 g/mol. The summed E-state index contributed by atoms with van der Waals surface area (Å²) in [7, 11) is -2.24. The van der Waals surface area contributed by atoms with E-state index in [1.54, 1.807) is 18.3 Å². The van der Waals surface area contributed by atoms with Crippen molar-refractivity contribution in [2.24, 2.45) is 0 Å². The van der Waals surface area contributed by atoms with Crippen LogP contribution < -0.4 is 9.62 Å². The Labute approximate surface area is 166 Å². The van der Waals surface area contributed by atoms with E-state index in [9.17, 15) is 26.0 Å². The maximum absolute atomic E-state index is 13.4. The van der Waals surface area contributed by atoms with Crippen molar-refractivity contribution < 1.29 is 26.0 Å². The zero-order valence-electron chi connectivity index (χ0n) is 15.6. The SMILES string of the molecule is CN1CCN(c2cc(CNS(=O)(=O)c3ccc(F)c(C(F)(F)F)c3)ccn2)CC1. The summed E-state index contributed by atoms with van der Waals surface area (Å²) in [6.07, 6.45) is -3.44. The lowest BCUT2D eigenvalue weighted by Crippen LogP contribution is -2.44. The average Bonchev–Trinajstić information content (AvgIpc) is 2.66. The molecule has 0 bridgehead atoms. The number of rotatable bonds is 5. The summed E-state index contributed by atoms with van der Waals surface area (Å²) >= 11 is 0. The van der Waals surface area contributed by atoms with Crippen molar-refractivity contribution in [3.05, 3.63) is 53.5 Å². The highest BCUT2D eigenvalue weighted by atomic mass is 32.2. The Morgan fingerprint density at radius 2 is 1.79 bits per heavy atom. The zero-order chi connectivity index (χ0) is 21.2. The summed E-state index contributed by atoms with van der Waals surface area (Å²) in [6.45, 7) is 3.20. The van der Waals surface area contributed by atoms with Crippen LogP contribution in [0.25, 0.3) is 0 Å². The largest absolute Gasteiger partial charge is 0.419 e. The number of likely N-dealkylation sites (N-methyl/N-ethyl adjacent to an activating group) is 1. The molecule has 158 valence electrons. The standard InChI is InChI=1S/C18H20F4N4O2S/c1-25-6-8-26(9-7-25)17-10-13(4-5-23-17)12-24-29(27,28)14-2-3-16(19)15(11-14)18(20,21)22/h2-5,10-11,24H,6-9,12H2,1H3. The molecule has 0 radical (unpaired) electrons. The first-order valence-electron chi connectivity index (χ1n) is 8.81. The Morgan fingerprint density at radius 3 is 2.45 bits per heavy atom. The maximum Gasteiger partial charge on any atom is 0.419 e. The predicted molar refractivity (Wildman–Crippen MR) is 99.4 cm³/mol. The van der Waals surface area contributed by atoms with Crippen molar-refractivity contribution in [1.82, 2.24) is 14.6 Å². The molecule has 2 heterocycles. The fraction of sp³-hybridized carbons (Fsp3) is 0.389. The van der Waals surface area contributed by atoms with Crippen LogP contribution in [-0.4, -0.2) is 51.5 Å². The number of nitrogens with zero attached hydrogens (tertiary/aromatic N) is 3.